The van der Waals surface area contributed by atoms with Crippen molar-refractivity contribution in [3.8, 4) is 5.75 Å². The number of anilines is 1. The van der Waals surface area contributed by atoms with Crippen molar-refractivity contribution in [3.05, 3.63) is 59.7 Å². The van der Waals surface area contributed by atoms with Crippen LogP contribution in [0.5, 0.6) is 5.75 Å². The van der Waals surface area contributed by atoms with E-state index in [1.165, 1.54) is 4.31 Å². The van der Waals surface area contributed by atoms with Crippen LogP contribution >= 0.6 is 0 Å². The van der Waals surface area contributed by atoms with E-state index in [0.717, 1.165) is 17.4 Å². The highest BCUT2D eigenvalue weighted by molar-refractivity contribution is 7.92. The van der Waals surface area contributed by atoms with Crippen molar-refractivity contribution in [2.75, 3.05) is 23.7 Å². The summed E-state index contributed by atoms with van der Waals surface area (Å²) in [5.74, 6) is 0.339. The minimum atomic E-state index is -3.63. The Morgan fingerprint density at radius 3 is 2.44 bits per heavy atom. The predicted molar refractivity (Wildman–Crippen MR) is 108 cm³/mol. The minimum Gasteiger partial charge on any atom is -0.492 e. The standard InChI is InChI=1S/C20H26N2O4S/c1-15-10-11-16(2)19(14-15)22(27(4,24)25)17(3)20(23)21-12-13-26-18-8-6-5-7-9-18/h5-11,14,17H,12-13H2,1-4H3,(H,21,23)/t17-/m0/s1. The van der Waals surface area contributed by atoms with Crippen LogP contribution in [0.3, 0.4) is 0 Å². The lowest BCUT2D eigenvalue weighted by Crippen LogP contribution is -2.48. The van der Waals surface area contributed by atoms with Crippen molar-refractivity contribution in [1.82, 2.24) is 5.32 Å². The summed E-state index contributed by atoms with van der Waals surface area (Å²) in [7, 11) is -3.63. The fourth-order valence-electron chi connectivity index (χ4n) is 2.75. The van der Waals surface area contributed by atoms with Gasteiger partial charge in [-0.2, -0.15) is 0 Å². The lowest BCUT2D eigenvalue weighted by atomic mass is 10.1. The molecule has 0 spiro atoms. The Bertz CT molecular complexity index is 882. The average Bonchev–Trinajstić information content (AvgIpc) is 2.61. The maximum Gasteiger partial charge on any atom is 0.243 e. The zero-order chi connectivity index (χ0) is 20.0. The third-order valence-corrected chi connectivity index (χ3v) is 5.33. The molecule has 2 rings (SSSR count). The number of aryl methyl sites for hydroxylation is 2. The number of amides is 1. The van der Waals surface area contributed by atoms with Gasteiger partial charge >= 0.3 is 0 Å². The van der Waals surface area contributed by atoms with Crippen LogP contribution in [0.1, 0.15) is 18.1 Å². The van der Waals surface area contributed by atoms with Crippen molar-refractivity contribution in [2.45, 2.75) is 26.8 Å². The summed E-state index contributed by atoms with van der Waals surface area (Å²) in [4.78, 5) is 12.5. The smallest absolute Gasteiger partial charge is 0.243 e. The number of carbonyl (C=O) groups is 1. The Labute approximate surface area is 161 Å². The van der Waals surface area contributed by atoms with Crippen LogP contribution in [0, 0.1) is 13.8 Å². The molecule has 0 bridgehead atoms. The maximum absolute atomic E-state index is 12.5. The van der Waals surface area contributed by atoms with Crippen molar-refractivity contribution in [1.29, 1.82) is 0 Å². The van der Waals surface area contributed by atoms with Gasteiger partial charge in [-0.3, -0.25) is 9.10 Å². The maximum atomic E-state index is 12.5. The highest BCUT2D eigenvalue weighted by atomic mass is 32.2. The number of nitrogens with one attached hydrogen (secondary N) is 1. The average molecular weight is 391 g/mol. The highest BCUT2D eigenvalue weighted by Crippen LogP contribution is 2.26. The summed E-state index contributed by atoms with van der Waals surface area (Å²) in [5, 5.41) is 2.74. The lowest BCUT2D eigenvalue weighted by Gasteiger charge is -2.29. The van der Waals surface area contributed by atoms with Gasteiger partial charge in [-0.15, -0.1) is 0 Å². The van der Waals surface area contributed by atoms with Crippen molar-refractivity contribution < 1.29 is 17.9 Å². The van der Waals surface area contributed by atoms with E-state index in [2.05, 4.69) is 5.32 Å². The molecule has 0 radical (unpaired) electrons. The molecule has 0 unspecified atom stereocenters. The van der Waals surface area contributed by atoms with Gasteiger partial charge in [-0.1, -0.05) is 30.3 Å². The van der Waals surface area contributed by atoms with E-state index >= 15 is 0 Å². The number of benzene rings is 2. The molecule has 0 fully saturated rings. The molecule has 146 valence electrons. The second-order valence-corrected chi connectivity index (χ2v) is 8.34. The van der Waals surface area contributed by atoms with Crippen LogP contribution in [0.4, 0.5) is 5.69 Å². The van der Waals surface area contributed by atoms with Gasteiger partial charge in [-0.25, -0.2) is 8.42 Å². The molecule has 1 atom stereocenters. The normalized spacial score (nSPS) is 12.3. The monoisotopic (exact) mass is 390 g/mol. The predicted octanol–water partition coefficient (Wildman–Crippen LogP) is 2.65. The molecule has 27 heavy (non-hydrogen) atoms. The zero-order valence-corrected chi connectivity index (χ0v) is 16.9. The Kier molecular flexibility index (Phi) is 6.85. The Balaban J connectivity index is 2.05. The molecule has 0 saturated heterocycles. The first-order chi connectivity index (χ1) is 12.7. The first-order valence-electron chi connectivity index (χ1n) is 8.72. The van der Waals surface area contributed by atoms with Crippen molar-refractivity contribution in [3.63, 3.8) is 0 Å². The Hall–Kier alpha value is -2.54. The minimum absolute atomic E-state index is 0.280. The zero-order valence-electron chi connectivity index (χ0n) is 16.1. The fraction of sp³-hybridized carbons (Fsp3) is 0.350. The van der Waals surface area contributed by atoms with Gasteiger partial charge in [0.15, 0.2) is 0 Å². The van der Waals surface area contributed by atoms with Crippen molar-refractivity contribution in [2.24, 2.45) is 0 Å². The van der Waals surface area contributed by atoms with Crippen LogP contribution in [-0.4, -0.2) is 39.8 Å². The number of hydrogen-bond donors (Lipinski definition) is 1. The molecule has 0 aromatic heterocycles. The third kappa shape index (κ3) is 5.72. The lowest BCUT2D eigenvalue weighted by molar-refractivity contribution is -0.121. The van der Waals surface area contributed by atoms with Gasteiger partial charge in [-0.05, 0) is 50.1 Å². The van der Waals surface area contributed by atoms with Crippen LogP contribution in [0.2, 0.25) is 0 Å². The van der Waals surface area contributed by atoms with E-state index in [9.17, 15) is 13.2 Å². The molecular formula is C20H26N2O4S. The molecule has 7 heteroatoms. The van der Waals surface area contributed by atoms with Crippen molar-refractivity contribution >= 4 is 21.6 Å². The number of sulfonamides is 1. The summed E-state index contributed by atoms with van der Waals surface area (Å²) >= 11 is 0. The fourth-order valence-corrected chi connectivity index (χ4v) is 3.97. The second-order valence-electron chi connectivity index (χ2n) is 6.48. The van der Waals surface area contributed by atoms with E-state index in [1.54, 1.807) is 13.0 Å². The number of carbonyl (C=O) groups excluding carboxylic acids is 1. The molecule has 2 aromatic rings. The van der Waals surface area contributed by atoms with E-state index in [4.69, 9.17) is 4.74 Å². The number of hydrogen-bond acceptors (Lipinski definition) is 4. The molecule has 0 heterocycles. The van der Waals surface area contributed by atoms with E-state index < -0.39 is 16.1 Å². The summed E-state index contributed by atoms with van der Waals surface area (Å²) in [6, 6.07) is 13.9. The first-order valence-corrected chi connectivity index (χ1v) is 10.6. The van der Waals surface area contributed by atoms with Crippen LogP contribution < -0.4 is 14.4 Å². The van der Waals surface area contributed by atoms with Crippen LogP contribution in [0.15, 0.2) is 48.5 Å². The van der Waals surface area contributed by atoms with E-state index in [-0.39, 0.29) is 12.5 Å². The molecule has 0 aliphatic carbocycles. The first kappa shape index (κ1) is 20.8. The molecular weight excluding hydrogens is 364 g/mol. The topological polar surface area (TPSA) is 75.7 Å². The quantitative estimate of drug-likeness (QED) is 0.703. The summed E-state index contributed by atoms with van der Waals surface area (Å²) < 4.78 is 31.5. The molecule has 1 N–H and O–H groups in total. The summed E-state index contributed by atoms with van der Waals surface area (Å²) in [6.45, 7) is 5.86. The molecule has 1 amide bonds. The van der Waals surface area contributed by atoms with E-state index in [1.807, 2.05) is 56.3 Å². The van der Waals surface area contributed by atoms with Crippen LogP contribution in [0.25, 0.3) is 0 Å². The van der Waals surface area contributed by atoms with Gasteiger partial charge in [0, 0.05) is 0 Å². The van der Waals surface area contributed by atoms with Gasteiger partial charge in [0.05, 0.1) is 18.5 Å². The van der Waals surface area contributed by atoms with Gasteiger partial charge in [0.1, 0.15) is 18.4 Å². The number of para-hydroxylation sites is 1. The largest absolute Gasteiger partial charge is 0.492 e. The summed E-state index contributed by atoms with van der Waals surface area (Å²) in [5.41, 5.74) is 2.23. The van der Waals surface area contributed by atoms with Gasteiger partial charge < -0.3 is 10.1 Å². The second kappa shape index (κ2) is 8.90. The number of ether oxygens (including phenoxy) is 1. The molecule has 6 nitrogen and oxygen atoms in total. The van der Waals surface area contributed by atoms with Crippen LogP contribution in [-0.2, 0) is 14.8 Å². The van der Waals surface area contributed by atoms with Gasteiger partial charge in [0.25, 0.3) is 0 Å². The third-order valence-electron chi connectivity index (χ3n) is 4.10. The molecule has 0 aliphatic rings. The number of nitrogens with zero attached hydrogens (tertiary/aromatic N) is 1. The molecule has 0 saturated carbocycles. The molecule has 2 aromatic carbocycles. The summed E-state index contributed by atoms with van der Waals surface area (Å²) in [6.07, 6.45) is 1.11. The van der Waals surface area contributed by atoms with E-state index in [0.29, 0.717) is 18.0 Å². The Morgan fingerprint density at radius 1 is 1.15 bits per heavy atom. The highest BCUT2D eigenvalue weighted by Gasteiger charge is 2.30. The SMILES string of the molecule is Cc1ccc(C)c(N([C@@H](C)C(=O)NCCOc2ccccc2)S(C)(=O)=O)c1. The number of rotatable bonds is 8. The van der Waals surface area contributed by atoms with Gasteiger partial charge in [0.2, 0.25) is 15.9 Å². The Morgan fingerprint density at radius 2 is 1.81 bits per heavy atom. The molecule has 0 aliphatic heterocycles.